The Bertz CT molecular complexity index is 230. The van der Waals surface area contributed by atoms with Crippen molar-refractivity contribution in [2.75, 3.05) is 6.61 Å². The average molecular weight is 172 g/mol. The third-order valence-corrected chi connectivity index (χ3v) is 2.13. The van der Waals surface area contributed by atoms with E-state index in [1.165, 1.54) is 11.3 Å². The highest BCUT2D eigenvalue weighted by molar-refractivity contribution is 7.08. The van der Waals surface area contributed by atoms with E-state index in [4.69, 9.17) is 10.2 Å². The third-order valence-electron chi connectivity index (χ3n) is 1.43. The van der Waals surface area contributed by atoms with Crippen LogP contribution in [-0.2, 0) is 4.79 Å². The first-order valence-electron chi connectivity index (χ1n) is 3.11. The molecule has 2 N–H and O–H groups in total. The molecule has 3 nitrogen and oxygen atoms in total. The van der Waals surface area contributed by atoms with Gasteiger partial charge < -0.3 is 10.2 Å². The predicted molar refractivity (Wildman–Crippen MR) is 41.8 cm³/mol. The van der Waals surface area contributed by atoms with Gasteiger partial charge in [0.25, 0.3) is 0 Å². The van der Waals surface area contributed by atoms with Crippen molar-refractivity contribution in [1.82, 2.24) is 0 Å². The maximum Gasteiger partial charge on any atom is 0.313 e. The Morgan fingerprint density at radius 3 is 2.82 bits per heavy atom. The van der Waals surface area contributed by atoms with E-state index < -0.39 is 11.9 Å². The molecule has 1 aromatic rings. The number of carbonyl (C=O) groups is 1. The number of thiophene rings is 1. The number of aliphatic hydroxyl groups excluding tert-OH is 1. The van der Waals surface area contributed by atoms with E-state index in [9.17, 15) is 4.79 Å². The summed E-state index contributed by atoms with van der Waals surface area (Å²) in [4.78, 5) is 10.5. The van der Waals surface area contributed by atoms with Crippen LogP contribution < -0.4 is 0 Å². The zero-order valence-corrected chi connectivity index (χ0v) is 6.54. The molecule has 0 aliphatic carbocycles. The van der Waals surface area contributed by atoms with Crippen LogP contribution in [0.25, 0.3) is 0 Å². The maximum atomic E-state index is 10.5. The molecule has 0 aliphatic heterocycles. The van der Waals surface area contributed by atoms with Crippen LogP contribution in [-0.4, -0.2) is 22.8 Å². The van der Waals surface area contributed by atoms with Gasteiger partial charge in [0.2, 0.25) is 0 Å². The van der Waals surface area contributed by atoms with E-state index in [0.717, 1.165) is 0 Å². The zero-order valence-electron chi connectivity index (χ0n) is 5.73. The highest BCUT2D eigenvalue weighted by Gasteiger charge is 2.18. The Morgan fingerprint density at radius 2 is 2.45 bits per heavy atom. The van der Waals surface area contributed by atoms with Crippen LogP contribution in [0, 0.1) is 0 Å². The van der Waals surface area contributed by atoms with Crippen LogP contribution in [0.1, 0.15) is 11.5 Å². The maximum absolute atomic E-state index is 10.5. The van der Waals surface area contributed by atoms with Gasteiger partial charge in [-0.25, -0.2) is 0 Å². The Hall–Kier alpha value is -0.870. The fourth-order valence-corrected chi connectivity index (χ4v) is 1.51. The number of aliphatic hydroxyl groups is 1. The van der Waals surface area contributed by atoms with Crippen LogP contribution in [0.5, 0.6) is 0 Å². The number of carboxylic acid groups (broad SMARTS) is 1. The number of hydrogen-bond donors (Lipinski definition) is 2. The third kappa shape index (κ3) is 1.78. The van der Waals surface area contributed by atoms with Gasteiger partial charge in [0, 0.05) is 0 Å². The number of hydrogen-bond acceptors (Lipinski definition) is 3. The highest BCUT2D eigenvalue weighted by atomic mass is 32.1. The lowest BCUT2D eigenvalue weighted by Crippen LogP contribution is -2.14. The summed E-state index contributed by atoms with van der Waals surface area (Å²) in [7, 11) is 0. The molecule has 60 valence electrons. The molecule has 0 aliphatic rings. The minimum atomic E-state index is -0.981. The fourth-order valence-electron chi connectivity index (χ4n) is 0.799. The molecule has 0 saturated carbocycles. The van der Waals surface area contributed by atoms with Crippen LogP contribution in [0.15, 0.2) is 16.8 Å². The highest BCUT2D eigenvalue weighted by Crippen LogP contribution is 2.17. The van der Waals surface area contributed by atoms with Gasteiger partial charge >= 0.3 is 5.97 Å². The van der Waals surface area contributed by atoms with E-state index >= 15 is 0 Å². The Labute approximate surface area is 67.9 Å². The Kier molecular flexibility index (Phi) is 2.62. The first-order chi connectivity index (χ1) is 5.25. The SMILES string of the molecule is O=C(O)C(CO)c1ccsc1. The largest absolute Gasteiger partial charge is 0.481 e. The topological polar surface area (TPSA) is 57.5 Å². The second-order valence-corrected chi connectivity index (χ2v) is 2.91. The van der Waals surface area contributed by atoms with Crippen molar-refractivity contribution in [2.45, 2.75) is 5.92 Å². The Balaban J connectivity index is 2.79. The fraction of sp³-hybridized carbons (Fsp3) is 0.286. The summed E-state index contributed by atoms with van der Waals surface area (Å²) in [5.74, 6) is -1.74. The molecule has 1 aromatic heterocycles. The zero-order chi connectivity index (χ0) is 8.27. The summed E-state index contributed by atoms with van der Waals surface area (Å²) in [5.41, 5.74) is 0.671. The van der Waals surface area contributed by atoms with E-state index in [1.807, 2.05) is 0 Å². The van der Waals surface area contributed by atoms with Gasteiger partial charge in [-0.15, -0.1) is 0 Å². The lowest BCUT2D eigenvalue weighted by atomic mass is 10.0. The van der Waals surface area contributed by atoms with Crippen molar-refractivity contribution in [2.24, 2.45) is 0 Å². The van der Waals surface area contributed by atoms with E-state index in [0.29, 0.717) is 5.56 Å². The van der Waals surface area contributed by atoms with Crippen LogP contribution in [0.4, 0.5) is 0 Å². The van der Waals surface area contributed by atoms with Crippen molar-refractivity contribution in [3.05, 3.63) is 22.4 Å². The summed E-state index contributed by atoms with van der Waals surface area (Å²) in [6, 6.07) is 1.71. The van der Waals surface area contributed by atoms with E-state index in [-0.39, 0.29) is 6.61 Å². The predicted octanol–water partition coefficient (Wildman–Crippen LogP) is 0.909. The normalized spacial score (nSPS) is 12.8. The molecule has 1 rings (SSSR count). The average Bonchev–Trinajstić information content (AvgIpc) is 2.40. The molecule has 1 unspecified atom stereocenters. The van der Waals surface area contributed by atoms with Crippen molar-refractivity contribution in [1.29, 1.82) is 0 Å². The molecule has 0 bridgehead atoms. The molecule has 0 aromatic carbocycles. The molecule has 1 heterocycles. The van der Waals surface area contributed by atoms with Crippen LogP contribution in [0.2, 0.25) is 0 Å². The van der Waals surface area contributed by atoms with Crippen molar-refractivity contribution >= 4 is 17.3 Å². The van der Waals surface area contributed by atoms with Crippen molar-refractivity contribution in [3.8, 4) is 0 Å². The first kappa shape index (κ1) is 8.23. The summed E-state index contributed by atoms with van der Waals surface area (Å²) >= 11 is 1.43. The van der Waals surface area contributed by atoms with Crippen LogP contribution in [0.3, 0.4) is 0 Å². The number of rotatable bonds is 3. The van der Waals surface area contributed by atoms with Gasteiger partial charge in [-0.1, -0.05) is 0 Å². The smallest absolute Gasteiger partial charge is 0.313 e. The molecule has 0 amide bonds. The number of aliphatic carboxylic acids is 1. The minimum absolute atomic E-state index is 0.341. The van der Waals surface area contributed by atoms with Gasteiger partial charge in [-0.3, -0.25) is 4.79 Å². The van der Waals surface area contributed by atoms with E-state index in [2.05, 4.69) is 0 Å². The van der Waals surface area contributed by atoms with Gasteiger partial charge in [-0.05, 0) is 22.4 Å². The molecule has 0 radical (unpaired) electrons. The van der Waals surface area contributed by atoms with Gasteiger partial charge in [0.15, 0.2) is 0 Å². The monoisotopic (exact) mass is 172 g/mol. The van der Waals surface area contributed by atoms with Gasteiger partial charge in [0.05, 0.1) is 6.61 Å². The molecule has 0 spiro atoms. The Morgan fingerprint density at radius 1 is 1.73 bits per heavy atom. The lowest BCUT2D eigenvalue weighted by Gasteiger charge is -2.04. The lowest BCUT2D eigenvalue weighted by molar-refractivity contribution is -0.139. The molecule has 0 fully saturated rings. The van der Waals surface area contributed by atoms with Crippen molar-refractivity contribution in [3.63, 3.8) is 0 Å². The van der Waals surface area contributed by atoms with Crippen LogP contribution >= 0.6 is 11.3 Å². The molecule has 1 atom stereocenters. The number of carboxylic acids is 1. The summed E-state index contributed by atoms with van der Waals surface area (Å²) in [6.07, 6.45) is 0. The first-order valence-corrected chi connectivity index (χ1v) is 4.05. The quantitative estimate of drug-likeness (QED) is 0.712. The molecule has 0 saturated heterocycles. The molecular formula is C7H8O3S. The molecule has 4 heteroatoms. The van der Waals surface area contributed by atoms with Gasteiger partial charge in [0.1, 0.15) is 5.92 Å². The summed E-state index contributed by atoms with van der Waals surface area (Å²) in [6.45, 7) is -0.341. The second-order valence-electron chi connectivity index (χ2n) is 2.13. The standard InChI is InChI=1S/C7H8O3S/c8-3-6(7(9)10)5-1-2-11-4-5/h1-2,4,6,8H,3H2,(H,9,10). The summed E-state index contributed by atoms with van der Waals surface area (Å²) in [5, 5.41) is 20.8. The second kappa shape index (κ2) is 3.50. The van der Waals surface area contributed by atoms with Gasteiger partial charge in [-0.2, -0.15) is 11.3 Å². The molecular weight excluding hydrogens is 164 g/mol. The van der Waals surface area contributed by atoms with Crippen molar-refractivity contribution < 1.29 is 15.0 Å². The minimum Gasteiger partial charge on any atom is -0.481 e. The molecule has 11 heavy (non-hydrogen) atoms. The van der Waals surface area contributed by atoms with E-state index in [1.54, 1.807) is 16.8 Å². The summed E-state index contributed by atoms with van der Waals surface area (Å²) < 4.78 is 0.